The van der Waals surface area contributed by atoms with Gasteiger partial charge in [0.15, 0.2) is 0 Å². The molecular formula is C17H22ClN3. The number of likely N-dealkylation sites (N-methyl/N-ethyl adjacent to an activating group) is 1. The zero-order valence-electron chi connectivity index (χ0n) is 12.8. The van der Waals surface area contributed by atoms with Gasteiger partial charge in [-0.05, 0) is 37.8 Å². The van der Waals surface area contributed by atoms with E-state index in [0.717, 1.165) is 22.8 Å². The lowest BCUT2D eigenvalue weighted by atomic mass is 10.0. The molecule has 1 fully saturated rings. The Morgan fingerprint density at radius 3 is 2.67 bits per heavy atom. The Morgan fingerprint density at radius 2 is 2.10 bits per heavy atom. The number of hydrogen-bond donors (Lipinski definition) is 1. The summed E-state index contributed by atoms with van der Waals surface area (Å²) in [6.07, 6.45) is 2.19. The highest BCUT2D eigenvalue weighted by atomic mass is 35.5. The largest absolute Gasteiger partial charge is 0.316 e. The normalized spacial score (nSPS) is 22.3. The molecule has 1 aromatic carbocycles. The lowest BCUT2D eigenvalue weighted by Gasteiger charge is -2.17. The second kappa shape index (κ2) is 5.82. The minimum absolute atomic E-state index is 0.447. The summed E-state index contributed by atoms with van der Waals surface area (Å²) in [6.45, 7) is 1.96. The maximum atomic E-state index is 6.38. The van der Waals surface area contributed by atoms with E-state index in [-0.39, 0.29) is 0 Å². The third-order valence-electron chi connectivity index (χ3n) is 4.63. The molecule has 0 bridgehead atoms. The van der Waals surface area contributed by atoms with Gasteiger partial charge in [-0.3, -0.25) is 4.68 Å². The van der Waals surface area contributed by atoms with Crippen LogP contribution in [0, 0.1) is 12.8 Å². The molecule has 2 aromatic rings. The van der Waals surface area contributed by atoms with E-state index >= 15 is 0 Å². The van der Waals surface area contributed by atoms with Crippen molar-refractivity contribution in [2.24, 2.45) is 13.0 Å². The summed E-state index contributed by atoms with van der Waals surface area (Å²) in [5, 5.41) is 8.70. The topological polar surface area (TPSA) is 29.9 Å². The van der Waals surface area contributed by atoms with Crippen LogP contribution in [0.5, 0.6) is 0 Å². The van der Waals surface area contributed by atoms with Gasteiger partial charge < -0.3 is 5.32 Å². The monoisotopic (exact) mass is 303 g/mol. The van der Waals surface area contributed by atoms with Crippen LogP contribution in [0.4, 0.5) is 0 Å². The van der Waals surface area contributed by atoms with E-state index in [4.69, 9.17) is 11.6 Å². The predicted octanol–water partition coefficient (Wildman–Crippen LogP) is 3.32. The molecule has 4 heteroatoms. The number of halogens is 1. The van der Waals surface area contributed by atoms with E-state index in [2.05, 4.69) is 40.7 Å². The highest BCUT2D eigenvalue weighted by molar-refractivity contribution is 6.31. The Balaban J connectivity index is 1.73. The van der Waals surface area contributed by atoms with Crippen LogP contribution in [-0.4, -0.2) is 22.9 Å². The Kier molecular flexibility index (Phi) is 4.05. The van der Waals surface area contributed by atoms with E-state index < -0.39 is 0 Å². The first-order chi connectivity index (χ1) is 10.1. The Labute approximate surface area is 131 Å². The first-order valence-electron chi connectivity index (χ1n) is 7.52. The summed E-state index contributed by atoms with van der Waals surface area (Å²) in [5.74, 6) is 1.36. The van der Waals surface area contributed by atoms with Crippen molar-refractivity contribution in [2.45, 2.75) is 31.7 Å². The molecule has 1 aliphatic carbocycles. The van der Waals surface area contributed by atoms with Gasteiger partial charge in [0.2, 0.25) is 0 Å². The summed E-state index contributed by atoms with van der Waals surface area (Å²) in [5.41, 5.74) is 3.50. The van der Waals surface area contributed by atoms with Crippen molar-refractivity contribution in [3.8, 4) is 0 Å². The van der Waals surface area contributed by atoms with Gasteiger partial charge in [0.05, 0.1) is 16.4 Å². The molecule has 0 amide bonds. The first-order valence-corrected chi connectivity index (χ1v) is 7.89. The van der Waals surface area contributed by atoms with Gasteiger partial charge in [-0.2, -0.15) is 5.10 Å². The number of nitrogens with one attached hydrogen (secondary N) is 1. The van der Waals surface area contributed by atoms with Crippen molar-refractivity contribution in [3.05, 3.63) is 52.3 Å². The van der Waals surface area contributed by atoms with Crippen molar-refractivity contribution in [1.82, 2.24) is 15.1 Å². The van der Waals surface area contributed by atoms with Crippen molar-refractivity contribution in [2.75, 3.05) is 7.05 Å². The molecular weight excluding hydrogens is 282 g/mol. The summed E-state index contributed by atoms with van der Waals surface area (Å²) < 4.78 is 1.92. The number of hydrogen-bond acceptors (Lipinski definition) is 2. The lowest BCUT2D eigenvalue weighted by molar-refractivity contribution is 0.476. The van der Waals surface area contributed by atoms with Crippen LogP contribution in [0.1, 0.15) is 29.3 Å². The summed E-state index contributed by atoms with van der Waals surface area (Å²) in [4.78, 5) is 0. The highest BCUT2D eigenvalue weighted by Gasteiger charge is 2.43. The van der Waals surface area contributed by atoms with Gasteiger partial charge in [-0.1, -0.05) is 41.9 Å². The van der Waals surface area contributed by atoms with E-state index in [1.165, 1.54) is 12.0 Å². The Bertz CT molecular complexity index is 620. The summed E-state index contributed by atoms with van der Waals surface area (Å²) in [6, 6.07) is 11.2. The van der Waals surface area contributed by atoms with Crippen LogP contribution in [0.2, 0.25) is 5.02 Å². The lowest BCUT2D eigenvalue weighted by Crippen LogP contribution is -2.31. The number of nitrogens with zero attached hydrogens (tertiary/aromatic N) is 2. The molecule has 0 saturated heterocycles. The Morgan fingerprint density at radius 1 is 1.38 bits per heavy atom. The standard InChI is InChI=1S/C17H22ClN3/c1-11-17(18)16(21(3)20-11)10-15(19-2)14-9-13(14)12-7-5-4-6-8-12/h4-8,13-15,19H,9-10H2,1-3H3. The maximum Gasteiger partial charge on any atom is 0.0847 e. The minimum atomic E-state index is 0.447. The molecule has 112 valence electrons. The van der Waals surface area contributed by atoms with Gasteiger partial charge in [0.25, 0.3) is 0 Å². The fourth-order valence-corrected chi connectivity index (χ4v) is 3.56. The van der Waals surface area contributed by atoms with Gasteiger partial charge in [-0.25, -0.2) is 0 Å². The van der Waals surface area contributed by atoms with Crippen molar-refractivity contribution < 1.29 is 0 Å². The van der Waals surface area contributed by atoms with E-state index in [1.54, 1.807) is 0 Å². The average molecular weight is 304 g/mol. The summed E-state index contributed by atoms with van der Waals surface area (Å²) >= 11 is 6.38. The molecule has 3 rings (SSSR count). The number of rotatable bonds is 5. The fraction of sp³-hybridized carbons (Fsp3) is 0.471. The molecule has 0 aliphatic heterocycles. The van der Waals surface area contributed by atoms with Gasteiger partial charge >= 0.3 is 0 Å². The van der Waals surface area contributed by atoms with Crippen LogP contribution in [0.3, 0.4) is 0 Å². The van der Waals surface area contributed by atoms with Crippen molar-refractivity contribution in [1.29, 1.82) is 0 Å². The average Bonchev–Trinajstić information content (AvgIpc) is 3.24. The molecule has 1 N–H and O–H groups in total. The van der Waals surface area contributed by atoms with Crippen LogP contribution in [0.25, 0.3) is 0 Å². The maximum absolute atomic E-state index is 6.38. The van der Waals surface area contributed by atoms with Crippen molar-refractivity contribution in [3.63, 3.8) is 0 Å². The molecule has 1 heterocycles. The molecule has 1 aliphatic rings. The van der Waals surface area contributed by atoms with E-state index in [0.29, 0.717) is 17.9 Å². The van der Waals surface area contributed by atoms with Crippen LogP contribution < -0.4 is 5.32 Å². The summed E-state index contributed by atoms with van der Waals surface area (Å²) in [7, 11) is 4.02. The van der Waals surface area contributed by atoms with Gasteiger partial charge in [0.1, 0.15) is 0 Å². The molecule has 3 atom stereocenters. The van der Waals surface area contributed by atoms with E-state index in [9.17, 15) is 0 Å². The molecule has 0 radical (unpaired) electrons. The smallest absolute Gasteiger partial charge is 0.0847 e. The second-order valence-electron chi connectivity index (χ2n) is 5.99. The van der Waals surface area contributed by atoms with Crippen LogP contribution >= 0.6 is 11.6 Å². The number of aryl methyl sites for hydroxylation is 2. The van der Waals surface area contributed by atoms with Gasteiger partial charge in [0, 0.05) is 19.5 Å². The molecule has 3 unspecified atom stereocenters. The minimum Gasteiger partial charge on any atom is -0.316 e. The SMILES string of the molecule is CNC(Cc1c(Cl)c(C)nn1C)C1CC1c1ccccc1. The second-order valence-corrected chi connectivity index (χ2v) is 6.36. The highest BCUT2D eigenvalue weighted by Crippen LogP contribution is 2.50. The molecule has 1 aromatic heterocycles. The zero-order chi connectivity index (χ0) is 15.0. The predicted molar refractivity (Wildman–Crippen MR) is 86.8 cm³/mol. The fourth-order valence-electron chi connectivity index (χ4n) is 3.32. The molecule has 21 heavy (non-hydrogen) atoms. The van der Waals surface area contributed by atoms with Gasteiger partial charge in [-0.15, -0.1) is 0 Å². The molecule has 3 nitrogen and oxygen atoms in total. The Hall–Kier alpha value is -1.32. The number of benzene rings is 1. The third-order valence-corrected chi connectivity index (χ3v) is 5.12. The quantitative estimate of drug-likeness (QED) is 0.918. The molecule has 1 saturated carbocycles. The van der Waals surface area contributed by atoms with Crippen molar-refractivity contribution >= 4 is 11.6 Å². The third kappa shape index (κ3) is 2.85. The van der Waals surface area contributed by atoms with Crippen LogP contribution in [-0.2, 0) is 13.5 Å². The molecule has 0 spiro atoms. The van der Waals surface area contributed by atoms with Crippen LogP contribution in [0.15, 0.2) is 30.3 Å². The first kappa shape index (κ1) is 14.6. The van der Waals surface area contributed by atoms with E-state index in [1.807, 2.05) is 25.7 Å². The zero-order valence-corrected chi connectivity index (χ0v) is 13.6. The number of aromatic nitrogens is 2.